The Kier molecular flexibility index (Phi) is 7.70. The Morgan fingerprint density at radius 3 is 2.33 bits per heavy atom. The van der Waals surface area contributed by atoms with Crippen LogP contribution in [0.2, 0.25) is 5.02 Å². The van der Waals surface area contributed by atoms with Crippen molar-refractivity contribution in [3.8, 4) is 5.69 Å². The Balaban J connectivity index is 1.63. The second kappa shape index (κ2) is 11.2. The Labute approximate surface area is 233 Å². The summed E-state index contributed by atoms with van der Waals surface area (Å²) in [5.74, 6) is -0.254. The van der Waals surface area contributed by atoms with Crippen LogP contribution in [0, 0.1) is 0 Å². The highest BCUT2D eigenvalue weighted by atomic mass is 35.5. The number of carbonyl (C=O) groups is 1. The second-order valence-corrected chi connectivity index (χ2v) is 11.7. The lowest BCUT2D eigenvalue weighted by molar-refractivity contribution is 0.0933. The molecule has 1 atom stereocenters. The summed E-state index contributed by atoms with van der Waals surface area (Å²) >= 11 is 6.10. The number of rotatable bonds is 6. The summed E-state index contributed by atoms with van der Waals surface area (Å²) in [4.78, 5) is 13.6. The van der Waals surface area contributed by atoms with Gasteiger partial charge in [0, 0.05) is 10.6 Å². The van der Waals surface area contributed by atoms with Crippen LogP contribution in [0.5, 0.6) is 0 Å². The molecule has 39 heavy (non-hydrogen) atoms. The van der Waals surface area contributed by atoms with Crippen molar-refractivity contribution >= 4 is 39.2 Å². The number of hydrogen-bond donors (Lipinski definition) is 2. The molecule has 9 heteroatoms. The number of halogens is 1. The fraction of sp³-hybridized carbons (Fsp3) is 0.200. The molecular formula is C30H29ClN4O3S. The Hall–Kier alpha value is -3.72. The fourth-order valence-electron chi connectivity index (χ4n) is 4.89. The molecule has 1 aromatic heterocycles. The van der Waals surface area contributed by atoms with E-state index in [4.69, 9.17) is 21.8 Å². The molecule has 200 valence electrons. The highest BCUT2D eigenvalue weighted by Gasteiger charge is 2.28. The lowest BCUT2D eigenvalue weighted by Gasteiger charge is -2.14. The maximum atomic E-state index is 13.6. The van der Waals surface area contributed by atoms with E-state index in [1.807, 2.05) is 61.5 Å². The quantitative estimate of drug-likeness (QED) is 0.285. The number of nitrogens with two attached hydrogens (primary N) is 1. The summed E-state index contributed by atoms with van der Waals surface area (Å²) in [6, 6.07) is 23.4. The minimum absolute atomic E-state index is 0.0103. The van der Waals surface area contributed by atoms with Gasteiger partial charge in [0.25, 0.3) is 5.91 Å². The number of fused-ring (bicyclic) bond motifs is 1. The summed E-state index contributed by atoms with van der Waals surface area (Å²) in [5.41, 5.74) is 5.76. The molecule has 4 aromatic rings. The Bertz CT molecular complexity index is 1630. The summed E-state index contributed by atoms with van der Waals surface area (Å²) in [7, 11) is -3.84. The molecule has 0 radical (unpaired) electrons. The SMILES string of the molecule is C[C@@H](NC(=O)c1nn(-c2ccc(S(N)(=O)=O)cc2)c2c1CCCCC2=Cc1ccc(Cl)cc1)c1ccccc1. The van der Waals surface area contributed by atoms with Gasteiger partial charge in [-0.05, 0) is 91.8 Å². The number of hydrogen-bond acceptors (Lipinski definition) is 4. The van der Waals surface area contributed by atoms with Crippen molar-refractivity contribution in [2.24, 2.45) is 5.14 Å². The minimum Gasteiger partial charge on any atom is -0.344 e. The fourth-order valence-corrected chi connectivity index (χ4v) is 5.53. The molecule has 1 aliphatic rings. The van der Waals surface area contributed by atoms with Crippen molar-refractivity contribution in [2.45, 2.75) is 43.5 Å². The molecule has 0 unspecified atom stereocenters. The van der Waals surface area contributed by atoms with Gasteiger partial charge in [0.05, 0.1) is 22.3 Å². The van der Waals surface area contributed by atoms with Crippen LogP contribution < -0.4 is 10.5 Å². The number of nitrogens with one attached hydrogen (secondary N) is 1. The van der Waals surface area contributed by atoms with Gasteiger partial charge in [-0.1, -0.05) is 54.1 Å². The Morgan fingerprint density at radius 2 is 1.67 bits per heavy atom. The van der Waals surface area contributed by atoms with E-state index in [0.717, 1.165) is 47.2 Å². The van der Waals surface area contributed by atoms with Crippen molar-refractivity contribution < 1.29 is 13.2 Å². The van der Waals surface area contributed by atoms with Crippen molar-refractivity contribution in [2.75, 3.05) is 0 Å². The third kappa shape index (κ3) is 5.98. The molecule has 0 bridgehead atoms. The summed E-state index contributed by atoms with van der Waals surface area (Å²) in [5, 5.41) is 13.9. The average Bonchev–Trinajstić information content (AvgIpc) is 3.19. The van der Waals surface area contributed by atoms with Gasteiger partial charge in [0.2, 0.25) is 10.0 Å². The van der Waals surface area contributed by atoms with E-state index in [9.17, 15) is 13.2 Å². The number of benzene rings is 3. The molecule has 0 spiro atoms. The van der Waals surface area contributed by atoms with Gasteiger partial charge in [-0.3, -0.25) is 4.79 Å². The Morgan fingerprint density at radius 1 is 1.00 bits per heavy atom. The first-order valence-corrected chi connectivity index (χ1v) is 14.7. The largest absolute Gasteiger partial charge is 0.344 e. The molecule has 0 saturated heterocycles. The van der Waals surface area contributed by atoms with Gasteiger partial charge >= 0.3 is 0 Å². The van der Waals surface area contributed by atoms with Gasteiger partial charge in [0.1, 0.15) is 0 Å². The summed E-state index contributed by atoms with van der Waals surface area (Å²) in [6.07, 6.45) is 5.48. The molecule has 3 aromatic carbocycles. The summed E-state index contributed by atoms with van der Waals surface area (Å²) in [6.45, 7) is 1.95. The third-order valence-corrected chi connectivity index (χ3v) is 8.07. The first-order valence-electron chi connectivity index (χ1n) is 12.8. The standard InChI is InChI=1S/C30H29ClN4O3S/c1-20(22-7-3-2-4-8-22)33-30(36)28-27-10-6-5-9-23(19-21-11-13-24(31)14-12-21)29(27)35(34-28)25-15-17-26(18-16-25)39(32,37)38/h2-4,7-8,11-20H,5-6,9-10H2,1H3,(H,33,36)(H2,32,37,38)/t20-/m1/s1. The van der Waals surface area contributed by atoms with E-state index in [0.29, 0.717) is 22.8 Å². The lowest BCUT2D eigenvalue weighted by Crippen LogP contribution is -2.28. The average molecular weight is 561 g/mol. The van der Waals surface area contributed by atoms with Gasteiger partial charge in [-0.15, -0.1) is 0 Å². The van der Waals surface area contributed by atoms with E-state index in [1.165, 1.54) is 12.1 Å². The van der Waals surface area contributed by atoms with Crippen molar-refractivity contribution in [1.29, 1.82) is 0 Å². The van der Waals surface area contributed by atoms with Crippen LogP contribution in [0.3, 0.4) is 0 Å². The smallest absolute Gasteiger partial charge is 0.272 e. The van der Waals surface area contributed by atoms with Gasteiger partial charge < -0.3 is 5.32 Å². The number of nitrogens with zero attached hydrogens (tertiary/aromatic N) is 2. The van der Waals surface area contributed by atoms with Gasteiger partial charge in [-0.25, -0.2) is 18.2 Å². The van der Waals surface area contributed by atoms with Crippen LogP contribution >= 0.6 is 11.6 Å². The van der Waals surface area contributed by atoms with Gasteiger partial charge in [0.15, 0.2) is 5.69 Å². The number of amides is 1. The normalized spacial score (nSPS) is 15.4. The molecule has 0 fully saturated rings. The van der Waals surface area contributed by atoms with E-state index < -0.39 is 10.0 Å². The van der Waals surface area contributed by atoms with Crippen LogP contribution in [0.1, 0.15) is 65.1 Å². The van der Waals surface area contributed by atoms with Crippen LogP contribution in [0.4, 0.5) is 0 Å². The monoisotopic (exact) mass is 560 g/mol. The van der Waals surface area contributed by atoms with Crippen LogP contribution in [-0.4, -0.2) is 24.1 Å². The van der Waals surface area contributed by atoms with Crippen LogP contribution in [-0.2, 0) is 16.4 Å². The highest BCUT2D eigenvalue weighted by Crippen LogP contribution is 2.35. The summed E-state index contributed by atoms with van der Waals surface area (Å²) < 4.78 is 25.4. The zero-order chi connectivity index (χ0) is 27.6. The molecule has 1 heterocycles. The number of carbonyl (C=O) groups excluding carboxylic acids is 1. The van der Waals surface area contributed by atoms with Crippen molar-refractivity contribution in [1.82, 2.24) is 15.1 Å². The van der Waals surface area contributed by atoms with Crippen LogP contribution in [0.25, 0.3) is 17.3 Å². The number of primary sulfonamides is 1. The van der Waals surface area contributed by atoms with E-state index in [2.05, 4.69) is 11.4 Å². The molecule has 1 amide bonds. The first kappa shape index (κ1) is 26.9. The first-order chi connectivity index (χ1) is 18.7. The maximum Gasteiger partial charge on any atom is 0.272 e. The third-order valence-electron chi connectivity index (χ3n) is 6.89. The highest BCUT2D eigenvalue weighted by molar-refractivity contribution is 7.89. The molecular weight excluding hydrogens is 532 g/mol. The molecule has 1 aliphatic carbocycles. The lowest BCUT2D eigenvalue weighted by atomic mass is 10.0. The molecule has 5 rings (SSSR count). The van der Waals surface area contributed by atoms with E-state index >= 15 is 0 Å². The van der Waals surface area contributed by atoms with Gasteiger partial charge in [-0.2, -0.15) is 5.10 Å². The zero-order valence-corrected chi connectivity index (χ0v) is 23.0. The predicted octanol–water partition coefficient (Wildman–Crippen LogP) is 5.93. The minimum atomic E-state index is -3.84. The number of aromatic nitrogens is 2. The van der Waals surface area contributed by atoms with E-state index in [1.54, 1.807) is 16.8 Å². The molecule has 7 nitrogen and oxygen atoms in total. The second-order valence-electron chi connectivity index (χ2n) is 9.66. The van der Waals surface area contributed by atoms with Crippen molar-refractivity contribution in [3.63, 3.8) is 0 Å². The topological polar surface area (TPSA) is 107 Å². The van der Waals surface area contributed by atoms with E-state index in [-0.39, 0.29) is 16.8 Å². The van der Waals surface area contributed by atoms with Crippen molar-refractivity contribution in [3.05, 3.63) is 112 Å². The predicted molar refractivity (Wildman–Crippen MR) is 154 cm³/mol. The molecule has 0 saturated carbocycles. The number of sulfonamides is 1. The maximum absolute atomic E-state index is 13.6. The molecule has 3 N–H and O–H groups in total. The number of allylic oxidation sites excluding steroid dienone is 1. The zero-order valence-electron chi connectivity index (χ0n) is 21.5. The molecule has 0 aliphatic heterocycles. The van der Waals surface area contributed by atoms with Crippen LogP contribution in [0.15, 0.2) is 83.8 Å².